The highest BCUT2D eigenvalue weighted by atomic mass is 31.2. The lowest BCUT2D eigenvalue weighted by Crippen LogP contribution is -2.04. The number of unbranched alkanes of at least 4 members (excludes halogenated alkanes) is 1. The lowest BCUT2D eigenvalue weighted by Gasteiger charge is -2.10. The van der Waals surface area contributed by atoms with E-state index in [2.05, 4.69) is 9.05 Å². The highest BCUT2D eigenvalue weighted by Gasteiger charge is 2.19. The van der Waals surface area contributed by atoms with E-state index in [4.69, 9.17) is 10.6 Å². The molecular formula is C7H18NO4P. The predicted molar refractivity (Wildman–Crippen MR) is 50.3 cm³/mol. The molecule has 0 radical (unpaired) electrons. The molecule has 0 heterocycles. The van der Waals surface area contributed by atoms with Crippen LogP contribution in [-0.2, 0) is 13.6 Å². The summed E-state index contributed by atoms with van der Waals surface area (Å²) in [6, 6.07) is 0. The molecule has 0 saturated carbocycles. The molecule has 13 heavy (non-hydrogen) atoms. The summed E-state index contributed by atoms with van der Waals surface area (Å²) in [5.41, 5.74) is 5.19. The van der Waals surface area contributed by atoms with Gasteiger partial charge in [0.05, 0.1) is 13.2 Å². The van der Waals surface area contributed by atoms with Crippen molar-refractivity contribution in [2.45, 2.75) is 26.2 Å². The average molecular weight is 211 g/mol. The molecule has 0 rings (SSSR count). The van der Waals surface area contributed by atoms with Gasteiger partial charge >= 0.3 is 7.82 Å². The molecule has 0 bridgehead atoms. The van der Waals surface area contributed by atoms with Crippen LogP contribution in [0, 0.1) is 0 Å². The molecule has 6 heteroatoms. The molecule has 1 atom stereocenters. The van der Waals surface area contributed by atoms with Gasteiger partial charge in [-0.1, -0.05) is 13.3 Å². The monoisotopic (exact) mass is 211 g/mol. The summed E-state index contributed by atoms with van der Waals surface area (Å²) < 4.78 is 20.3. The standard InChI is InChI=1S/C7H18NO4P/c1-2-3-6-11-13(9,10)12-7-4-5-8/h2-8H2,1H3,(H,9,10). The van der Waals surface area contributed by atoms with Crippen molar-refractivity contribution in [1.29, 1.82) is 0 Å². The lowest BCUT2D eigenvalue weighted by molar-refractivity contribution is 0.147. The number of hydrogen-bond donors (Lipinski definition) is 2. The summed E-state index contributed by atoms with van der Waals surface area (Å²) in [6.45, 7) is 2.83. The van der Waals surface area contributed by atoms with Crippen LogP contribution in [0.15, 0.2) is 0 Å². The van der Waals surface area contributed by atoms with Crippen molar-refractivity contribution < 1.29 is 18.5 Å². The van der Waals surface area contributed by atoms with Crippen molar-refractivity contribution in [3.63, 3.8) is 0 Å². The summed E-state index contributed by atoms with van der Waals surface area (Å²) in [4.78, 5) is 9.04. The van der Waals surface area contributed by atoms with Crippen LogP contribution >= 0.6 is 7.82 Å². The van der Waals surface area contributed by atoms with Crippen LogP contribution in [0.4, 0.5) is 0 Å². The first-order valence-electron chi connectivity index (χ1n) is 4.44. The van der Waals surface area contributed by atoms with Crippen LogP contribution in [0.5, 0.6) is 0 Å². The Balaban J connectivity index is 3.49. The number of hydrogen-bond acceptors (Lipinski definition) is 4. The molecular weight excluding hydrogens is 193 g/mol. The maximum atomic E-state index is 11.0. The minimum absolute atomic E-state index is 0.163. The Morgan fingerprint density at radius 1 is 1.31 bits per heavy atom. The summed E-state index contributed by atoms with van der Waals surface area (Å²) >= 11 is 0. The zero-order valence-electron chi connectivity index (χ0n) is 7.94. The van der Waals surface area contributed by atoms with Crippen LogP contribution in [-0.4, -0.2) is 24.7 Å². The van der Waals surface area contributed by atoms with E-state index in [-0.39, 0.29) is 13.2 Å². The average Bonchev–Trinajstić information content (AvgIpc) is 2.05. The second kappa shape index (κ2) is 7.47. The Morgan fingerprint density at radius 3 is 2.31 bits per heavy atom. The molecule has 0 amide bonds. The molecule has 3 N–H and O–H groups in total. The third kappa shape index (κ3) is 8.40. The fourth-order valence-corrected chi connectivity index (χ4v) is 1.42. The SMILES string of the molecule is CCCCOP(=O)(O)OCCCN. The van der Waals surface area contributed by atoms with Crippen molar-refractivity contribution in [2.75, 3.05) is 19.8 Å². The molecule has 80 valence electrons. The minimum atomic E-state index is -3.81. The van der Waals surface area contributed by atoms with E-state index >= 15 is 0 Å². The van der Waals surface area contributed by atoms with Gasteiger partial charge in [0, 0.05) is 0 Å². The Bertz CT molecular complexity index is 151. The van der Waals surface area contributed by atoms with Gasteiger partial charge in [-0.05, 0) is 19.4 Å². The third-order valence-corrected chi connectivity index (χ3v) is 2.37. The maximum Gasteiger partial charge on any atom is 0.472 e. The summed E-state index contributed by atoms with van der Waals surface area (Å²) in [7, 11) is -3.81. The molecule has 0 spiro atoms. The Labute approximate surface area is 78.8 Å². The smallest absolute Gasteiger partial charge is 0.330 e. The molecule has 0 aromatic carbocycles. The Kier molecular flexibility index (Phi) is 7.51. The van der Waals surface area contributed by atoms with Crippen LogP contribution in [0.25, 0.3) is 0 Å². The largest absolute Gasteiger partial charge is 0.472 e. The first-order valence-corrected chi connectivity index (χ1v) is 5.94. The quantitative estimate of drug-likeness (QED) is 0.466. The molecule has 0 aliphatic heterocycles. The van der Waals surface area contributed by atoms with E-state index in [0.717, 1.165) is 12.8 Å². The van der Waals surface area contributed by atoms with Gasteiger partial charge < -0.3 is 10.6 Å². The summed E-state index contributed by atoms with van der Waals surface area (Å²) in [5, 5.41) is 0. The molecule has 0 aromatic rings. The zero-order chi connectivity index (χ0) is 10.2. The first kappa shape index (κ1) is 13.1. The predicted octanol–water partition coefficient (Wildman–Crippen LogP) is 1.27. The van der Waals surface area contributed by atoms with Crippen molar-refractivity contribution in [2.24, 2.45) is 5.73 Å². The van der Waals surface area contributed by atoms with Crippen LogP contribution < -0.4 is 5.73 Å². The van der Waals surface area contributed by atoms with Crippen LogP contribution in [0.1, 0.15) is 26.2 Å². The highest BCUT2D eigenvalue weighted by Crippen LogP contribution is 2.43. The van der Waals surface area contributed by atoms with Gasteiger partial charge in [-0.15, -0.1) is 0 Å². The second-order valence-corrected chi connectivity index (χ2v) is 4.08. The molecule has 0 aromatic heterocycles. The molecule has 5 nitrogen and oxygen atoms in total. The fraction of sp³-hybridized carbons (Fsp3) is 1.00. The Morgan fingerprint density at radius 2 is 1.85 bits per heavy atom. The lowest BCUT2D eigenvalue weighted by atomic mass is 10.4. The highest BCUT2D eigenvalue weighted by molar-refractivity contribution is 7.47. The van der Waals surface area contributed by atoms with Gasteiger partial charge in [0.15, 0.2) is 0 Å². The van der Waals surface area contributed by atoms with Gasteiger partial charge in [-0.25, -0.2) is 4.57 Å². The number of phosphoric acid groups is 1. The van der Waals surface area contributed by atoms with Gasteiger partial charge in [-0.2, -0.15) is 0 Å². The molecule has 1 unspecified atom stereocenters. The molecule has 0 saturated heterocycles. The normalized spacial score (nSPS) is 15.6. The summed E-state index contributed by atoms with van der Waals surface area (Å²) in [6.07, 6.45) is 2.23. The van der Waals surface area contributed by atoms with Crippen molar-refractivity contribution in [3.8, 4) is 0 Å². The van der Waals surface area contributed by atoms with E-state index < -0.39 is 7.82 Å². The topological polar surface area (TPSA) is 81.8 Å². The second-order valence-electron chi connectivity index (χ2n) is 2.63. The van der Waals surface area contributed by atoms with Gasteiger partial charge in [-0.3, -0.25) is 9.05 Å². The van der Waals surface area contributed by atoms with E-state index in [1.807, 2.05) is 6.92 Å². The minimum Gasteiger partial charge on any atom is -0.330 e. The van der Waals surface area contributed by atoms with E-state index in [0.29, 0.717) is 13.0 Å². The Hall–Kier alpha value is 0.0700. The van der Waals surface area contributed by atoms with Gasteiger partial charge in [0.25, 0.3) is 0 Å². The van der Waals surface area contributed by atoms with Gasteiger partial charge in [0.2, 0.25) is 0 Å². The zero-order valence-corrected chi connectivity index (χ0v) is 8.83. The van der Waals surface area contributed by atoms with Crippen LogP contribution in [0.2, 0.25) is 0 Å². The van der Waals surface area contributed by atoms with E-state index in [1.54, 1.807) is 0 Å². The molecule has 0 fully saturated rings. The first-order chi connectivity index (χ1) is 6.12. The number of rotatable bonds is 8. The van der Waals surface area contributed by atoms with Gasteiger partial charge in [0.1, 0.15) is 0 Å². The number of nitrogens with two attached hydrogens (primary N) is 1. The van der Waals surface area contributed by atoms with Crippen molar-refractivity contribution >= 4 is 7.82 Å². The van der Waals surface area contributed by atoms with E-state index in [9.17, 15) is 4.57 Å². The van der Waals surface area contributed by atoms with E-state index in [1.165, 1.54) is 0 Å². The van der Waals surface area contributed by atoms with Crippen LogP contribution in [0.3, 0.4) is 0 Å². The van der Waals surface area contributed by atoms with Crippen molar-refractivity contribution in [1.82, 2.24) is 0 Å². The summed E-state index contributed by atoms with van der Waals surface area (Å²) in [5.74, 6) is 0. The fourth-order valence-electron chi connectivity index (χ4n) is 0.625. The molecule has 0 aliphatic rings. The maximum absolute atomic E-state index is 11.0. The third-order valence-electron chi connectivity index (χ3n) is 1.36. The number of phosphoric ester groups is 1. The van der Waals surface area contributed by atoms with Crippen molar-refractivity contribution in [3.05, 3.63) is 0 Å². The molecule has 0 aliphatic carbocycles.